The van der Waals surface area contributed by atoms with Crippen molar-refractivity contribution in [1.82, 2.24) is 20.8 Å². The average molecular weight is 231 g/mol. The van der Waals surface area contributed by atoms with Crippen molar-refractivity contribution >= 4 is 0 Å². The number of aromatic nitrogens is 3. The van der Waals surface area contributed by atoms with Gasteiger partial charge >= 0.3 is 0 Å². The Morgan fingerprint density at radius 2 is 1.88 bits per heavy atom. The summed E-state index contributed by atoms with van der Waals surface area (Å²) in [6, 6.07) is 4.17. The van der Waals surface area contributed by atoms with Crippen molar-refractivity contribution in [1.29, 1.82) is 0 Å². The number of aromatic amines is 1. The molecule has 5 nitrogen and oxygen atoms in total. The Hall–Kier alpha value is -1.72. The van der Waals surface area contributed by atoms with Crippen LogP contribution in [-0.4, -0.2) is 15.4 Å². The van der Waals surface area contributed by atoms with Crippen molar-refractivity contribution in [2.24, 2.45) is 5.84 Å². The quantitative estimate of drug-likeness (QED) is 0.549. The predicted molar refractivity (Wildman–Crippen MR) is 66.2 cm³/mol. The molecule has 1 unspecified atom stereocenters. The van der Waals surface area contributed by atoms with Crippen LogP contribution in [0.1, 0.15) is 34.0 Å². The van der Waals surface area contributed by atoms with Crippen LogP contribution < -0.4 is 11.3 Å². The van der Waals surface area contributed by atoms with E-state index in [1.54, 1.807) is 6.20 Å². The van der Waals surface area contributed by atoms with Gasteiger partial charge < -0.3 is 0 Å². The molecule has 90 valence electrons. The topological polar surface area (TPSA) is 79.6 Å². The van der Waals surface area contributed by atoms with Crippen molar-refractivity contribution in [3.63, 3.8) is 0 Å². The summed E-state index contributed by atoms with van der Waals surface area (Å²) in [6.45, 7) is 6.27. The van der Waals surface area contributed by atoms with Crippen LogP contribution in [0.15, 0.2) is 18.3 Å². The van der Waals surface area contributed by atoms with Crippen molar-refractivity contribution in [2.45, 2.75) is 26.8 Å². The third kappa shape index (κ3) is 2.20. The van der Waals surface area contributed by atoms with Crippen molar-refractivity contribution < 1.29 is 0 Å². The molecule has 1 heterocycles. The first-order chi connectivity index (χ1) is 8.13. The predicted octanol–water partition coefficient (Wildman–Crippen LogP) is 1.28. The van der Waals surface area contributed by atoms with E-state index in [2.05, 4.69) is 53.7 Å². The highest BCUT2D eigenvalue weighted by atomic mass is 15.3. The van der Waals surface area contributed by atoms with Gasteiger partial charge in [0.15, 0.2) is 0 Å². The van der Waals surface area contributed by atoms with Crippen LogP contribution in [0.4, 0.5) is 0 Å². The number of hydrogen-bond donors (Lipinski definition) is 3. The molecule has 0 amide bonds. The highest BCUT2D eigenvalue weighted by Gasteiger charge is 2.17. The van der Waals surface area contributed by atoms with E-state index < -0.39 is 0 Å². The normalized spacial score (nSPS) is 12.7. The lowest BCUT2D eigenvalue weighted by molar-refractivity contribution is 0.615. The summed E-state index contributed by atoms with van der Waals surface area (Å²) in [5.74, 6) is 5.62. The van der Waals surface area contributed by atoms with E-state index in [1.165, 1.54) is 16.7 Å². The van der Waals surface area contributed by atoms with Crippen molar-refractivity contribution in [3.8, 4) is 0 Å². The number of nitrogens with two attached hydrogens (primary N) is 1. The summed E-state index contributed by atoms with van der Waals surface area (Å²) in [5, 5.41) is 10.5. The fourth-order valence-corrected chi connectivity index (χ4v) is 1.98. The molecule has 2 rings (SSSR count). The van der Waals surface area contributed by atoms with Gasteiger partial charge in [-0.2, -0.15) is 15.4 Å². The van der Waals surface area contributed by atoms with Gasteiger partial charge in [-0.25, -0.2) is 5.43 Å². The number of aryl methyl sites for hydroxylation is 3. The highest BCUT2D eigenvalue weighted by molar-refractivity contribution is 5.40. The summed E-state index contributed by atoms with van der Waals surface area (Å²) in [4.78, 5) is 0. The second-order valence-electron chi connectivity index (χ2n) is 4.29. The molecule has 17 heavy (non-hydrogen) atoms. The molecule has 0 saturated carbocycles. The Labute approximate surface area is 100 Å². The van der Waals surface area contributed by atoms with Gasteiger partial charge in [-0.15, -0.1) is 0 Å². The van der Waals surface area contributed by atoms with Gasteiger partial charge in [0.25, 0.3) is 0 Å². The van der Waals surface area contributed by atoms with E-state index in [0.29, 0.717) is 0 Å². The molecule has 0 aliphatic heterocycles. The minimum absolute atomic E-state index is 0.131. The highest BCUT2D eigenvalue weighted by Crippen LogP contribution is 2.25. The van der Waals surface area contributed by atoms with E-state index in [0.717, 1.165) is 11.3 Å². The lowest BCUT2D eigenvalue weighted by Crippen LogP contribution is -2.29. The zero-order valence-corrected chi connectivity index (χ0v) is 10.3. The molecule has 5 heteroatoms. The molecule has 1 atom stereocenters. The molecule has 0 spiro atoms. The van der Waals surface area contributed by atoms with Crippen LogP contribution in [0.3, 0.4) is 0 Å². The van der Waals surface area contributed by atoms with Crippen molar-refractivity contribution in [3.05, 3.63) is 46.3 Å². The maximum Gasteiger partial charge on any atom is 0.105 e. The summed E-state index contributed by atoms with van der Waals surface area (Å²) >= 11 is 0. The number of nitrogens with zero attached hydrogens (tertiary/aromatic N) is 2. The fourth-order valence-electron chi connectivity index (χ4n) is 1.98. The molecule has 0 radical (unpaired) electrons. The van der Waals surface area contributed by atoms with Crippen LogP contribution in [0.2, 0.25) is 0 Å². The number of benzene rings is 1. The third-order valence-electron chi connectivity index (χ3n) is 3.09. The van der Waals surface area contributed by atoms with Crippen LogP contribution in [0.25, 0.3) is 0 Å². The van der Waals surface area contributed by atoms with Gasteiger partial charge in [0.05, 0.1) is 12.2 Å². The first-order valence-electron chi connectivity index (χ1n) is 5.53. The lowest BCUT2D eigenvalue weighted by Gasteiger charge is -2.17. The Bertz CT molecular complexity index is 504. The van der Waals surface area contributed by atoms with Crippen LogP contribution in [0.5, 0.6) is 0 Å². The van der Waals surface area contributed by atoms with Crippen LogP contribution in [-0.2, 0) is 0 Å². The number of rotatable bonds is 3. The van der Waals surface area contributed by atoms with Gasteiger partial charge in [-0.1, -0.05) is 12.1 Å². The average Bonchev–Trinajstić information content (AvgIpc) is 2.80. The van der Waals surface area contributed by atoms with E-state index in [4.69, 9.17) is 5.84 Å². The third-order valence-corrected chi connectivity index (χ3v) is 3.09. The van der Waals surface area contributed by atoms with Crippen LogP contribution >= 0.6 is 0 Å². The Morgan fingerprint density at radius 1 is 1.18 bits per heavy atom. The molecule has 4 N–H and O–H groups in total. The van der Waals surface area contributed by atoms with Gasteiger partial charge in [-0.3, -0.25) is 5.84 Å². The molecule has 0 aliphatic carbocycles. The monoisotopic (exact) mass is 231 g/mol. The molecule has 0 fully saturated rings. The summed E-state index contributed by atoms with van der Waals surface area (Å²) in [5.41, 5.74) is 8.42. The van der Waals surface area contributed by atoms with E-state index in [-0.39, 0.29) is 6.04 Å². The molecule has 1 aromatic heterocycles. The first kappa shape index (κ1) is 11.8. The van der Waals surface area contributed by atoms with E-state index >= 15 is 0 Å². The van der Waals surface area contributed by atoms with E-state index in [1.807, 2.05) is 0 Å². The molecular formula is C12H17N5. The SMILES string of the molecule is Cc1cc(C)c(C(NN)c2cn[nH]n2)cc1C. The number of nitrogens with one attached hydrogen (secondary N) is 2. The molecule has 0 aliphatic rings. The molecule has 2 aromatic rings. The number of hydrazine groups is 1. The fraction of sp³-hybridized carbons (Fsp3) is 0.333. The second-order valence-corrected chi connectivity index (χ2v) is 4.29. The second kappa shape index (κ2) is 4.65. The summed E-state index contributed by atoms with van der Waals surface area (Å²) < 4.78 is 0. The molecule has 0 bridgehead atoms. The first-order valence-corrected chi connectivity index (χ1v) is 5.53. The minimum atomic E-state index is -0.131. The smallest absolute Gasteiger partial charge is 0.105 e. The maximum absolute atomic E-state index is 5.62. The number of hydrogen-bond acceptors (Lipinski definition) is 4. The largest absolute Gasteiger partial charge is 0.271 e. The minimum Gasteiger partial charge on any atom is -0.271 e. The van der Waals surface area contributed by atoms with Crippen LogP contribution in [0, 0.1) is 20.8 Å². The van der Waals surface area contributed by atoms with Gasteiger partial charge in [0.1, 0.15) is 5.69 Å². The summed E-state index contributed by atoms with van der Waals surface area (Å²) in [6.07, 6.45) is 1.68. The maximum atomic E-state index is 5.62. The van der Waals surface area contributed by atoms with Gasteiger partial charge in [0, 0.05) is 0 Å². The Balaban J connectivity index is 2.48. The Kier molecular flexibility index (Phi) is 3.21. The Morgan fingerprint density at radius 3 is 2.47 bits per heavy atom. The van der Waals surface area contributed by atoms with E-state index in [9.17, 15) is 0 Å². The zero-order chi connectivity index (χ0) is 12.4. The standard InChI is InChI=1S/C12H17N5/c1-7-4-9(3)10(5-8(7)2)12(15-13)11-6-14-17-16-11/h4-6,12,15H,13H2,1-3H3,(H,14,16,17). The van der Waals surface area contributed by atoms with Gasteiger partial charge in [0.2, 0.25) is 0 Å². The number of H-pyrrole nitrogens is 1. The van der Waals surface area contributed by atoms with Gasteiger partial charge in [-0.05, 0) is 43.0 Å². The molecule has 1 aromatic carbocycles. The molecular weight excluding hydrogens is 214 g/mol. The van der Waals surface area contributed by atoms with Crippen molar-refractivity contribution in [2.75, 3.05) is 0 Å². The summed E-state index contributed by atoms with van der Waals surface area (Å²) in [7, 11) is 0. The lowest BCUT2D eigenvalue weighted by atomic mass is 9.95. The zero-order valence-electron chi connectivity index (χ0n) is 10.3. The molecule has 0 saturated heterocycles.